The van der Waals surface area contributed by atoms with E-state index >= 15 is 0 Å². The summed E-state index contributed by atoms with van der Waals surface area (Å²) < 4.78 is 5.26. The minimum absolute atomic E-state index is 0.225. The van der Waals surface area contributed by atoms with Crippen LogP contribution in [0.2, 0.25) is 0 Å². The number of benzene rings is 1. The Morgan fingerprint density at radius 1 is 1.10 bits per heavy atom. The van der Waals surface area contributed by atoms with Crippen LogP contribution in [-0.2, 0) is 9.53 Å². The smallest absolute Gasteiger partial charge is 0.407 e. The molecule has 30 heavy (non-hydrogen) atoms. The van der Waals surface area contributed by atoms with E-state index in [1.807, 2.05) is 45.0 Å². The molecule has 2 saturated heterocycles. The average molecular weight is 417 g/mol. The summed E-state index contributed by atoms with van der Waals surface area (Å²) in [7, 11) is 0. The van der Waals surface area contributed by atoms with Crippen LogP contribution in [0.1, 0.15) is 46.5 Å². The quantitative estimate of drug-likeness (QED) is 0.769. The van der Waals surface area contributed by atoms with Crippen molar-refractivity contribution in [2.45, 2.75) is 52.1 Å². The van der Waals surface area contributed by atoms with Crippen LogP contribution in [0.25, 0.3) is 0 Å². The van der Waals surface area contributed by atoms with Gasteiger partial charge in [0.25, 0.3) is 0 Å². The Bertz CT molecular complexity index is 764. The Kier molecular flexibility index (Phi) is 6.84. The molecule has 0 unspecified atom stereocenters. The number of imide groups is 1. The zero-order valence-corrected chi connectivity index (χ0v) is 18.1. The van der Waals surface area contributed by atoms with E-state index in [2.05, 4.69) is 15.5 Å². The molecule has 2 heterocycles. The molecule has 8 heteroatoms. The minimum Gasteiger partial charge on any atom is -0.444 e. The van der Waals surface area contributed by atoms with Gasteiger partial charge in [-0.3, -0.25) is 15.0 Å². The number of carbonyl (C=O) groups is 3. The molecule has 2 aliphatic rings. The zero-order valence-electron chi connectivity index (χ0n) is 18.1. The van der Waals surface area contributed by atoms with Gasteiger partial charge in [0.15, 0.2) is 0 Å². The van der Waals surface area contributed by atoms with Gasteiger partial charge in [-0.15, -0.1) is 0 Å². The second kappa shape index (κ2) is 9.36. The van der Waals surface area contributed by atoms with Gasteiger partial charge in [0.1, 0.15) is 5.60 Å². The summed E-state index contributed by atoms with van der Waals surface area (Å²) in [5.74, 6) is 0.363. The summed E-state index contributed by atoms with van der Waals surface area (Å²) in [6, 6.07) is 7.57. The van der Waals surface area contributed by atoms with Crippen molar-refractivity contribution in [3.63, 3.8) is 0 Å². The largest absolute Gasteiger partial charge is 0.444 e. The average Bonchev–Trinajstić information content (AvgIpc) is 2.67. The number of hydrogen-bond acceptors (Lipinski definition) is 5. The van der Waals surface area contributed by atoms with Crippen molar-refractivity contribution in [3.8, 4) is 0 Å². The predicted molar refractivity (Wildman–Crippen MR) is 116 cm³/mol. The number of alkyl carbamates (subject to hydrolysis) is 1. The van der Waals surface area contributed by atoms with Gasteiger partial charge in [-0.2, -0.15) is 0 Å². The molecule has 1 aromatic carbocycles. The van der Waals surface area contributed by atoms with Crippen molar-refractivity contribution < 1.29 is 19.1 Å². The summed E-state index contributed by atoms with van der Waals surface area (Å²) in [6.45, 7) is 8.55. The number of urea groups is 1. The van der Waals surface area contributed by atoms with Crippen LogP contribution >= 0.6 is 0 Å². The molecule has 0 spiro atoms. The highest BCUT2D eigenvalue weighted by molar-refractivity contribution is 6.05. The third-order valence-corrected chi connectivity index (χ3v) is 5.42. The number of rotatable bonds is 5. The first kappa shape index (κ1) is 21.9. The number of ether oxygens (including phenoxy) is 1. The van der Waals surface area contributed by atoms with Gasteiger partial charge in [-0.05, 0) is 70.2 Å². The zero-order chi connectivity index (χ0) is 21.7. The summed E-state index contributed by atoms with van der Waals surface area (Å²) >= 11 is 0. The van der Waals surface area contributed by atoms with Crippen molar-refractivity contribution in [1.29, 1.82) is 0 Å². The number of nitrogens with zero attached hydrogens (tertiary/aromatic N) is 2. The fourth-order valence-electron chi connectivity index (χ4n) is 3.83. The molecule has 2 fully saturated rings. The molecule has 3 rings (SSSR count). The van der Waals surface area contributed by atoms with E-state index < -0.39 is 5.60 Å². The molecule has 1 aromatic rings. The molecule has 4 amide bonds. The monoisotopic (exact) mass is 416 g/mol. The van der Waals surface area contributed by atoms with Gasteiger partial charge in [-0.25, -0.2) is 9.59 Å². The summed E-state index contributed by atoms with van der Waals surface area (Å²) in [4.78, 5) is 38.9. The van der Waals surface area contributed by atoms with Crippen molar-refractivity contribution in [2.75, 3.05) is 36.0 Å². The summed E-state index contributed by atoms with van der Waals surface area (Å²) in [5.41, 5.74) is 1.46. The molecule has 0 aliphatic carbocycles. The van der Waals surface area contributed by atoms with E-state index in [9.17, 15) is 14.4 Å². The fraction of sp³-hybridized carbons (Fsp3) is 0.591. The van der Waals surface area contributed by atoms with Gasteiger partial charge in [0, 0.05) is 44.0 Å². The normalized spacial score (nSPS) is 18.2. The maximum Gasteiger partial charge on any atom is 0.407 e. The first-order valence-corrected chi connectivity index (χ1v) is 10.6. The first-order valence-electron chi connectivity index (χ1n) is 10.6. The highest BCUT2D eigenvalue weighted by atomic mass is 16.6. The lowest BCUT2D eigenvalue weighted by Crippen LogP contribution is -2.49. The molecule has 164 valence electrons. The number of carbonyl (C=O) groups excluding carboxylic acids is 3. The Morgan fingerprint density at radius 2 is 1.73 bits per heavy atom. The van der Waals surface area contributed by atoms with E-state index in [1.165, 1.54) is 0 Å². The standard InChI is InChI=1S/C22H32N4O4/c1-22(2,3)30-21(29)23-12-8-16-9-13-25(14-10-16)17-4-6-18(7-5-17)26-15-11-19(27)24-20(26)28/h4-7,16H,8-15H2,1-3H3,(H,23,29)(H,24,27,28). The lowest BCUT2D eigenvalue weighted by molar-refractivity contribution is -0.120. The first-order chi connectivity index (χ1) is 14.2. The van der Waals surface area contributed by atoms with Gasteiger partial charge >= 0.3 is 12.1 Å². The molecule has 0 saturated carbocycles. The van der Waals surface area contributed by atoms with Crippen molar-refractivity contribution in [3.05, 3.63) is 24.3 Å². The second-order valence-electron chi connectivity index (χ2n) is 8.92. The number of piperidine rings is 1. The highest BCUT2D eigenvalue weighted by Gasteiger charge is 2.25. The summed E-state index contributed by atoms with van der Waals surface area (Å²) in [5, 5.41) is 5.19. The van der Waals surface area contributed by atoms with Gasteiger partial charge in [-0.1, -0.05) is 0 Å². The Balaban J connectivity index is 1.42. The van der Waals surface area contributed by atoms with Crippen LogP contribution in [0.5, 0.6) is 0 Å². The van der Waals surface area contributed by atoms with Crippen LogP contribution in [0.4, 0.5) is 21.0 Å². The van der Waals surface area contributed by atoms with Crippen LogP contribution < -0.4 is 20.4 Å². The maximum absolute atomic E-state index is 12.0. The summed E-state index contributed by atoms with van der Waals surface area (Å²) in [6.07, 6.45) is 3.08. The maximum atomic E-state index is 12.0. The van der Waals surface area contributed by atoms with E-state index in [1.54, 1.807) is 4.90 Å². The van der Waals surface area contributed by atoms with Crippen LogP contribution in [0.3, 0.4) is 0 Å². The Labute approximate surface area is 177 Å². The van der Waals surface area contributed by atoms with Crippen LogP contribution in [-0.4, -0.2) is 49.8 Å². The molecule has 0 aromatic heterocycles. The third-order valence-electron chi connectivity index (χ3n) is 5.42. The van der Waals surface area contributed by atoms with Gasteiger partial charge in [0.05, 0.1) is 0 Å². The highest BCUT2D eigenvalue weighted by Crippen LogP contribution is 2.27. The lowest BCUT2D eigenvalue weighted by atomic mass is 9.93. The molecule has 2 N–H and O–H groups in total. The number of anilines is 2. The molecular weight excluding hydrogens is 384 g/mol. The number of nitrogens with one attached hydrogen (secondary N) is 2. The fourth-order valence-corrected chi connectivity index (χ4v) is 3.83. The predicted octanol–water partition coefficient (Wildman–Crippen LogP) is 3.26. The molecule has 8 nitrogen and oxygen atoms in total. The number of hydrogen-bond donors (Lipinski definition) is 2. The van der Waals surface area contributed by atoms with Crippen molar-refractivity contribution in [1.82, 2.24) is 10.6 Å². The SMILES string of the molecule is CC(C)(C)OC(=O)NCCC1CCN(c2ccc(N3CCC(=O)NC3=O)cc2)CC1. The minimum atomic E-state index is -0.472. The van der Waals surface area contributed by atoms with Gasteiger partial charge in [0.2, 0.25) is 5.91 Å². The van der Waals surface area contributed by atoms with E-state index in [0.717, 1.165) is 43.7 Å². The van der Waals surface area contributed by atoms with Crippen molar-refractivity contribution in [2.24, 2.45) is 5.92 Å². The van der Waals surface area contributed by atoms with Crippen LogP contribution in [0.15, 0.2) is 24.3 Å². The Morgan fingerprint density at radius 3 is 2.33 bits per heavy atom. The molecule has 0 radical (unpaired) electrons. The van der Waals surface area contributed by atoms with E-state index in [4.69, 9.17) is 4.74 Å². The van der Waals surface area contributed by atoms with Crippen molar-refractivity contribution >= 4 is 29.4 Å². The lowest BCUT2D eigenvalue weighted by Gasteiger charge is -2.34. The molecule has 2 aliphatic heterocycles. The van der Waals surface area contributed by atoms with E-state index in [0.29, 0.717) is 25.4 Å². The van der Waals surface area contributed by atoms with E-state index in [-0.39, 0.29) is 18.0 Å². The topological polar surface area (TPSA) is 91.0 Å². The molecular formula is C22H32N4O4. The van der Waals surface area contributed by atoms with Crippen LogP contribution in [0, 0.1) is 5.92 Å². The number of amides is 4. The Hall–Kier alpha value is -2.77. The van der Waals surface area contributed by atoms with Gasteiger partial charge < -0.3 is 15.0 Å². The second-order valence-corrected chi connectivity index (χ2v) is 8.92. The molecule has 0 atom stereocenters. The third kappa shape index (κ3) is 6.11. The molecule has 0 bridgehead atoms.